The molecule has 2 N–H and O–H groups in total. The van der Waals surface area contributed by atoms with Crippen molar-refractivity contribution in [1.82, 2.24) is 14.5 Å². The van der Waals surface area contributed by atoms with Crippen molar-refractivity contribution in [1.29, 1.82) is 0 Å². The molecule has 2 amide bonds. The summed E-state index contributed by atoms with van der Waals surface area (Å²) in [5.41, 5.74) is 0.150. The summed E-state index contributed by atoms with van der Waals surface area (Å²) in [6.45, 7) is 4.07. The van der Waals surface area contributed by atoms with Crippen LogP contribution in [0.4, 0.5) is 9.59 Å². The van der Waals surface area contributed by atoms with Crippen molar-refractivity contribution in [2.75, 3.05) is 46.2 Å². The molecule has 0 unspecified atom stereocenters. The molecule has 0 saturated carbocycles. The molecule has 0 aliphatic carbocycles. The van der Waals surface area contributed by atoms with Gasteiger partial charge in [-0.3, -0.25) is 0 Å². The minimum Gasteiger partial charge on any atom is -0.530 e. The smallest absolute Gasteiger partial charge is 0.408 e. The topological polar surface area (TPSA) is 176 Å². The Labute approximate surface area is 299 Å². The van der Waals surface area contributed by atoms with Gasteiger partial charge in [-0.1, -0.05) is 56.5 Å². The Morgan fingerprint density at radius 2 is 1.90 bits per heavy atom. The average Bonchev–Trinajstić information content (AvgIpc) is 3.85. The van der Waals surface area contributed by atoms with Crippen LogP contribution in [0, 0.1) is 23.7 Å². The zero-order valence-corrected chi connectivity index (χ0v) is 29.7. The number of aliphatic hydroxyl groups is 1. The SMILES string of the molecule is C#CCOC(=O)NCCCCC(C)(C)CN(C[C@@H](O)[C@H](Cc1ccccc1)N(C(=O)[O-])[C@H]1CO[C@H]2OCC[C@H]21)S(=O)(=O)c1ccc2c(c1)OCO2. The molecule has 15 heteroatoms. The van der Waals surface area contributed by atoms with Crippen LogP contribution >= 0.6 is 0 Å². The molecule has 0 spiro atoms. The van der Waals surface area contributed by atoms with Crippen molar-refractivity contribution in [2.24, 2.45) is 11.3 Å². The summed E-state index contributed by atoms with van der Waals surface area (Å²) in [6.07, 6.45) is 3.48. The summed E-state index contributed by atoms with van der Waals surface area (Å²) < 4.78 is 57.2. The molecule has 5 rings (SSSR count). The number of amides is 2. The number of fused-ring (bicyclic) bond motifs is 2. The maximum atomic E-state index is 14.4. The highest BCUT2D eigenvalue weighted by Gasteiger charge is 2.47. The second kappa shape index (κ2) is 17.0. The molecule has 51 heavy (non-hydrogen) atoms. The van der Waals surface area contributed by atoms with E-state index in [2.05, 4.69) is 11.2 Å². The standard InChI is InChI=1S/C36H47N3O11S/c1-4-17-47-34(41)37-16-9-8-15-36(2,3)23-38(51(44,45)26-12-13-31-32(20-26)50-24-49-31)21-30(40)28(19-25-10-6-5-7-11-25)39(35(42)43)29-22-48-33-27(29)14-18-46-33/h1,5-7,10-13,20,27-30,33,40H,8-9,14-19,21-24H2,2-3H3,(H,37,41)(H,42,43)/p-1/t27-,28-,29-,30+,33+/m0/s1. The molecule has 0 aromatic heterocycles. The number of alkyl carbamates (subject to hydrolysis) is 1. The first-order valence-corrected chi connectivity index (χ1v) is 18.5. The average molecular weight is 729 g/mol. The number of aliphatic hydroxyl groups excluding tert-OH is 1. The Balaban J connectivity index is 1.40. The summed E-state index contributed by atoms with van der Waals surface area (Å²) in [7, 11) is -4.27. The van der Waals surface area contributed by atoms with Crippen LogP contribution < -0.4 is 19.9 Å². The van der Waals surface area contributed by atoms with Crippen molar-refractivity contribution in [2.45, 2.75) is 75.3 Å². The zero-order valence-electron chi connectivity index (χ0n) is 28.9. The number of rotatable bonds is 17. The summed E-state index contributed by atoms with van der Waals surface area (Å²) in [4.78, 5) is 25.7. The molecule has 5 atom stereocenters. The van der Waals surface area contributed by atoms with Crippen molar-refractivity contribution in [3.8, 4) is 23.8 Å². The minimum absolute atomic E-state index is 0.00701. The van der Waals surface area contributed by atoms with Gasteiger partial charge in [0.15, 0.2) is 24.4 Å². The Hall–Kier alpha value is -4.07. The minimum atomic E-state index is -4.27. The summed E-state index contributed by atoms with van der Waals surface area (Å²) in [5.74, 6) is 2.67. The van der Waals surface area contributed by atoms with Crippen LogP contribution in [-0.4, -0.2) is 106 Å². The first kappa shape index (κ1) is 38.2. The van der Waals surface area contributed by atoms with E-state index in [0.717, 1.165) is 10.5 Å². The predicted octanol–water partition coefficient (Wildman–Crippen LogP) is 2.34. The van der Waals surface area contributed by atoms with E-state index in [1.807, 2.05) is 44.2 Å². The number of carboxylic acid groups (broad SMARTS) is 1. The molecule has 278 valence electrons. The zero-order chi connectivity index (χ0) is 36.6. The largest absolute Gasteiger partial charge is 0.530 e. The lowest BCUT2D eigenvalue weighted by atomic mass is 9.87. The third-order valence-corrected chi connectivity index (χ3v) is 11.3. The Kier molecular flexibility index (Phi) is 12.7. The van der Waals surface area contributed by atoms with E-state index in [4.69, 9.17) is 30.1 Å². The summed E-state index contributed by atoms with van der Waals surface area (Å²) in [5, 5.41) is 27.6. The van der Waals surface area contributed by atoms with Gasteiger partial charge >= 0.3 is 6.09 Å². The van der Waals surface area contributed by atoms with Crippen molar-refractivity contribution in [3.05, 3.63) is 54.1 Å². The normalized spacial score (nSPS) is 20.7. The Morgan fingerprint density at radius 3 is 2.65 bits per heavy atom. The maximum Gasteiger partial charge on any atom is 0.408 e. The number of nitrogens with zero attached hydrogens (tertiary/aromatic N) is 2. The van der Waals surface area contributed by atoms with E-state index >= 15 is 0 Å². The van der Waals surface area contributed by atoms with Crippen LogP contribution in [0.25, 0.3) is 0 Å². The fourth-order valence-electron chi connectivity index (χ4n) is 6.92. The molecule has 14 nitrogen and oxygen atoms in total. The van der Waals surface area contributed by atoms with E-state index in [1.54, 1.807) is 0 Å². The van der Waals surface area contributed by atoms with Gasteiger partial charge < -0.3 is 48.9 Å². The van der Waals surface area contributed by atoms with Crippen LogP contribution in [0.5, 0.6) is 11.5 Å². The number of unbranched alkanes of at least 4 members (excludes halogenated alkanes) is 1. The number of hydrogen-bond donors (Lipinski definition) is 2. The molecule has 0 bridgehead atoms. The molecule has 3 aliphatic rings. The second-order valence-electron chi connectivity index (χ2n) is 13.7. The fourth-order valence-corrected chi connectivity index (χ4v) is 8.58. The van der Waals surface area contributed by atoms with Crippen LogP contribution in [-0.2, 0) is 30.7 Å². The predicted molar refractivity (Wildman–Crippen MR) is 182 cm³/mol. The van der Waals surface area contributed by atoms with Gasteiger partial charge in [-0.25, -0.2) is 13.2 Å². The number of hydrogen-bond acceptors (Lipinski definition) is 11. The molecule has 2 aromatic rings. The van der Waals surface area contributed by atoms with E-state index < -0.39 is 58.6 Å². The van der Waals surface area contributed by atoms with E-state index in [-0.39, 0.29) is 49.5 Å². The first-order valence-electron chi connectivity index (χ1n) is 17.1. The van der Waals surface area contributed by atoms with E-state index in [0.29, 0.717) is 44.6 Å². The summed E-state index contributed by atoms with van der Waals surface area (Å²) in [6, 6.07) is 11.7. The molecule has 3 heterocycles. The molecule has 3 aliphatic heterocycles. The van der Waals surface area contributed by atoms with Gasteiger partial charge in [0.05, 0.1) is 36.3 Å². The highest BCUT2D eigenvalue weighted by Crippen LogP contribution is 2.38. The molecule has 2 fully saturated rings. The number of sulfonamides is 1. The quantitative estimate of drug-likeness (QED) is 0.181. The number of nitrogens with one attached hydrogen (secondary N) is 1. The molecule has 2 aromatic carbocycles. The Bertz CT molecular complexity index is 1650. The van der Waals surface area contributed by atoms with Crippen LogP contribution in [0.15, 0.2) is 53.4 Å². The number of benzene rings is 2. The van der Waals surface area contributed by atoms with Crippen molar-refractivity contribution < 1.29 is 51.9 Å². The number of carbonyl (C=O) groups excluding carboxylic acids is 2. The highest BCUT2D eigenvalue weighted by molar-refractivity contribution is 7.89. The van der Waals surface area contributed by atoms with E-state index in [9.17, 15) is 28.2 Å². The first-order chi connectivity index (χ1) is 24.4. The number of carbonyl (C=O) groups is 2. The van der Waals surface area contributed by atoms with Gasteiger partial charge in [0.1, 0.15) is 6.09 Å². The highest BCUT2D eigenvalue weighted by atomic mass is 32.2. The second-order valence-corrected chi connectivity index (χ2v) is 15.7. The third kappa shape index (κ3) is 9.63. The molecular weight excluding hydrogens is 682 g/mol. The van der Waals surface area contributed by atoms with Crippen molar-refractivity contribution >= 4 is 22.2 Å². The van der Waals surface area contributed by atoms with Crippen LogP contribution in [0.3, 0.4) is 0 Å². The van der Waals surface area contributed by atoms with Gasteiger partial charge in [-0.05, 0) is 48.8 Å². The lowest BCUT2D eigenvalue weighted by Crippen LogP contribution is -2.61. The molecule has 0 radical (unpaired) electrons. The Morgan fingerprint density at radius 1 is 1.14 bits per heavy atom. The maximum absolute atomic E-state index is 14.4. The van der Waals surface area contributed by atoms with Gasteiger partial charge in [-0.2, -0.15) is 4.31 Å². The number of ether oxygens (including phenoxy) is 5. The van der Waals surface area contributed by atoms with Crippen molar-refractivity contribution in [3.63, 3.8) is 0 Å². The molecular formula is C36H46N3O11S-. The van der Waals surface area contributed by atoms with Gasteiger partial charge in [0, 0.05) is 31.6 Å². The summed E-state index contributed by atoms with van der Waals surface area (Å²) >= 11 is 0. The van der Waals surface area contributed by atoms with Gasteiger partial charge in [-0.15, -0.1) is 6.42 Å². The lowest BCUT2D eigenvalue weighted by Gasteiger charge is -2.43. The van der Waals surface area contributed by atoms with Crippen LogP contribution in [0.1, 0.15) is 45.1 Å². The van der Waals surface area contributed by atoms with E-state index in [1.165, 1.54) is 22.5 Å². The van der Waals surface area contributed by atoms with Gasteiger partial charge in [0.2, 0.25) is 16.8 Å². The molecule has 2 saturated heterocycles. The number of terminal acetylenes is 1. The lowest BCUT2D eigenvalue weighted by molar-refractivity contribution is -0.273. The van der Waals surface area contributed by atoms with Gasteiger partial charge in [0.25, 0.3) is 0 Å². The third-order valence-electron chi connectivity index (χ3n) is 9.48. The van der Waals surface area contributed by atoms with Crippen LogP contribution in [0.2, 0.25) is 0 Å². The fraction of sp³-hybridized carbons (Fsp3) is 0.556. The monoisotopic (exact) mass is 728 g/mol.